The molecular weight excluding hydrogens is 180 g/mol. The highest BCUT2D eigenvalue weighted by molar-refractivity contribution is 7.11. The van der Waals surface area contributed by atoms with Gasteiger partial charge in [0.25, 0.3) is 0 Å². The lowest BCUT2D eigenvalue weighted by Crippen LogP contribution is -2.17. The lowest BCUT2D eigenvalue weighted by Gasteiger charge is -2.09. The molecule has 0 aliphatic heterocycles. The standard InChI is InChI=1S/C10H14N2S/c1-4-5-6-12(3)8-10-11-7-9(2)13-10/h7H,6,8H2,1-3H3. The van der Waals surface area contributed by atoms with E-state index in [9.17, 15) is 0 Å². The van der Waals surface area contributed by atoms with E-state index in [2.05, 4.69) is 35.7 Å². The summed E-state index contributed by atoms with van der Waals surface area (Å²) in [5, 5.41) is 1.16. The van der Waals surface area contributed by atoms with Crippen molar-refractivity contribution in [3.63, 3.8) is 0 Å². The third kappa shape index (κ3) is 3.58. The number of hydrogen-bond donors (Lipinski definition) is 0. The highest BCUT2D eigenvalue weighted by Crippen LogP contribution is 2.12. The largest absolute Gasteiger partial charge is 0.289 e. The predicted octanol–water partition coefficient (Wildman–Crippen LogP) is 1.91. The summed E-state index contributed by atoms with van der Waals surface area (Å²) in [6, 6.07) is 0. The Labute approximate surface area is 83.6 Å². The molecule has 0 N–H and O–H groups in total. The Hall–Kier alpha value is -0.850. The van der Waals surface area contributed by atoms with E-state index in [0.717, 1.165) is 18.1 Å². The summed E-state index contributed by atoms with van der Waals surface area (Å²) in [6.07, 6.45) is 1.92. The van der Waals surface area contributed by atoms with Crippen LogP contribution in [-0.2, 0) is 6.54 Å². The number of thiazole rings is 1. The van der Waals surface area contributed by atoms with Gasteiger partial charge in [-0.05, 0) is 20.9 Å². The molecule has 1 aromatic rings. The summed E-state index contributed by atoms with van der Waals surface area (Å²) < 4.78 is 0. The van der Waals surface area contributed by atoms with Crippen LogP contribution in [0.3, 0.4) is 0 Å². The highest BCUT2D eigenvalue weighted by Gasteiger charge is 2.01. The quantitative estimate of drug-likeness (QED) is 0.683. The van der Waals surface area contributed by atoms with Gasteiger partial charge in [0.05, 0.1) is 13.1 Å². The van der Waals surface area contributed by atoms with Gasteiger partial charge in [-0.2, -0.15) is 0 Å². The van der Waals surface area contributed by atoms with Crippen LogP contribution in [0.2, 0.25) is 0 Å². The molecule has 0 saturated heterocycles. The van der Waals surface area contributed by atoms with Crippen molar-refractivity contribution < 1.29 is 0 Å². The van der Waals surface area contributed by atoms with E-state index in [1.54, 1.807) is 11.3 Å². The van der Waals surface area contributed by atoms with Crippen molar-refractivity contribution in [2.45, 2.75) is 20.4 Å². The molecule has 0 fully saturated rings. The van der Waals surface area contributed by atoms with Crippen LogP contribution >= 0.6 is 11.3 Å². The monoisotopic (exact) mass is 194 g/mol. The van der Waals surface area contributed by atoms with Crippen molar-refractivity contribution in [3.8, 4) is 11.8 Å². The molecule has 70 valence electrons. The summed E-state index contributed by atoms with van der Waals surface area (Å²) in [5.41, 5.74) is 0. The molecule has 0 amide bonds. The maximum absolute atomic E-state index is 4.29. The van der Waals surface area contributed by atoms with Crippen molar-refractivity contribution in [3.05, 3.63) is 16.1 Å². The number of rotatable bonds is 3. The van der Waals surface area contributed by atoms with Crippen LogP contribution in [0, 0.1) is 18.8 Å². The lowest BCUT2D eigenvalue weighted by molar-refractivity contribution is 0.368. The van der Waals surface area contributed by atoms with Crippen molar-refractivity contribution in [1.29, 1.82) is 0 Å². The minimum Gasteiger partial charge on any atom is -0.289 e. The second-order valence-corrected chi connectivity index (χ2v) is 4.28. The first-order valence-electron chi connectivity index (χ1n) is 4.22. The number of hydrogen-bond acceptors (Lipinski definition) is 3. The van der Waals surface area contributed by atoms with E-state index < -0.39 is 0 Å². The molecule has 13 heavy (non-hydrogen) atoms. The maximum Gasteiger partial charge on any atom is 0.107 e. The second kappa shape index (κ2) is 5.00. The molecule has 0 radical (unpaired) electrons. The minimum absolute atomic E-state index is 0.815. The molecule has 0 spiro atoms. The molecule has 0 bridgehead atoms. The van der Waals surface area contributed by atoms with E-state index in [-0.39, 0.29) is 0 Å². The smallest absolute Gasteiger partial charge is 0.107 e. The third-order valence-corrected chi connectivity index (χ3v) is 2.50. The lowest BCUT2D eigenvalue weighted by atomic mass is 10.5. The Kier molecular flexibility index (Phi) is 3.94. The average Bonchev–Trinajstić information content (AvgIpc) is 2.48. The van der Waals surface area contributed by atoms with E-state index in [1.165, 1.54) is 4.88 Å². The molecule has 0 aromatic carbocycles. The number of aromatic nitrogens is 1. The van der Waals surface area contributed by atoms with Gasteiger partial charge in [0.1, 0.15) is 5.01 Å². The Morgan fingerprint density at radius 2 is 2.38 bits per heavy atom. The van der Waals surface area contributed by atoms with Gasteiger partial charge in [0, 0.05) is 11.1 Å². The molecule has 0 unspecified atom stereocenters. The van der Waals surface area contributed by atoms with Crippen molar-refractivity contribution in [1.82, 2.24) is 9.88 Å². The average molecular weight is 194 g/mol. The summed E-state index contributed by atoms with van der Waals surface area (Å²) in [5.74, 6) is 5.91. The van der Waals surface area contributed by atoms with Crippen LogP contribution in [0.4, 0.5) is 0 Å². The summed E-state index contributed by atoms with van der Waals surface area (Å²) in [4.78, 5) is 7.72. The van der Waals surface area contributed by atoms with Crippen molar-refractivity contribution in [2.75, 3.05) is 13.6 Å². The zero-order valence-electron chi connectivity index (χ0n) is 8.29. The molecule has 3 heteroatoms. The molecule has 1 rings (SSSR count). The van der Waals surface area contributed by atoms with Crippen molar-refractivity contribution in [2.24, 2.45) is 0 Å². The summed E-state index contributed by atoms with van der Waals surface area (Å²) >= 11 is 1.75. The van der Waals surface area contributed by atoms with Gasteiger partial charge in [-0.1, -0.05) is 5.92 Å². The van der Waals surface area contributed by atoms with Crippen LogP contribution in [-0.4, -0.2) is 23.5 Å². The van der Waals surface area contributed by atoms with E-state index >= 15 is 0 Å². The zero-order chi connectivity index (χ0) is 9.68. The first-order chi connectivity index (χ1) is 6.22. The van der Waals surface area contributed by atoms with Crippen molar-refractivity contribution >= 4 is 11.3 Å². The Morgan fingerprint density at radius 3 is 2.92 bits per heavy atom. The topological polar surface area (TPSA) is 16.1 Å². The van der Waals surface area contributed by atoms with Gasteiger partial charge in [-0.3, -0.25) is 4.90 Å². The van der Waals surface area contributed by atoms with Crippen LogP contribution in [0.15, 0.2) is 6.20 Å². The SMILES string of the molecule is CC#CCN(C)Cc1ncc(C)s1. The summed E-state index contributed by atoms with van der Waals surface area (Å²) in [7, 11) is 2.06. The molecule has 0 saturated carbocycles. The molecular formula is C10H14N2S. The molecule has 2 nitrogen and oxygen atoms in total. The number of aryl methyl sites for hydroxylation is 1. The van der Waals surface area contributed by atoms with E-state index in [4.69, 9.17) is 0 Å². The van der Waals surface area contributed by atoms with Crippen LogP contribution in [0.1, 0.15) is 16.8 Å². The molecule has 0 atom stereocenters. The van der Waals surface area contributed by atoms with Gasteiger partial charge in [0.2, 0.25) is 0 Å². The van der Waals surface area contributed by atoms with Crippen LogP contribution in [0.5, 0.6) is 0 Å². The Bertz CT molecular complexity index is 319. The van der Waals surface area contributed by atoms with E-state index in [1.807, 2.05) is 13.1 Å². The predicted molar refractivity (Wildman–Crippen MR) is 56.6 cm³/mol. The van der Waals surface area contributed by atoms with Gasteiger partial charge >= 0.3 is 0 Å². The zero-order valence-corrected chi connectivity index (χ0v) is 9.11. The normalized spacial score (nSPS) is 9.85. The first-order valence-corrected chi connectivity index (χ1v) is 5.03. The fraction of sp³-hybridized carbons (Fsp3) is 0.500. The molecule has 0 aliphatic rings. The van der Waals surface area contributed by atoms with Crippen LogP contribution < -0.4 is 0 Å². The Morgan fingerprint density at radius 1 is 1.62 bits per heavy atom. The minimum atomic E-state index is 0.815. The van der Waals surface area contributed by atoms with Crippen LogP contribution in [0.25, 0.3) is 0 Å². The summed E-state index contributed by atoms with van der Waals surface area (Å²) in [6.45, 7) is 5.65. The first kappa shape index (κ1) is 10.2. The molecule has 1 heterocycles. The van der Waals surface area contributed by atoms with Gasteiger partial charge < -0.3 is 0 Å². The fourth-order valence-corrected chi connectivity index (χ4v) is 1.84. The fourth-order valence-electron chi connectivity index (χ4n) is 0.975. The third-order valence-electron chi connectivity index (χ3n) is 1.60. The molecule has 1 aromatic heterocycles. The van der Waals surface area contributed by atoms with Gasteiger partial charge in [0.15, 0.2) is 0 Å². The Balaban J connectivity index is 2.43. The highest BCUT2D eigenvalue weighted by atomic mass is 32.1. The second-order valence-electron chi connectivity index (χ2n) is 2.96. The molecule has 0 aliphatic carbocycles. The number of nitrogens with zero attached hydrogens (tertiary/aromatic N) is 2. The van der Waals surface area contributed by atoms with Gasteiger partial charge in [-0.15, -0.1) is 17.3 Å². The maximum atomic E-state index is 4.29. The van der Waals surface area contributed by atoms with E-state index in [0.29, 0.717) is 0 Å². The van der Waals surface area contributed by atoms with Gasteiger partial charge in [-0.25, -0.2) is 4.98 Å².